The maximum absolute atomic E-state index is 13.1. The smallest absolute Gasteiger partial charge is 0.287 e. The lowest BCUT2D eigenvalue weighted by Crippen LogP contribution is -2.22. The van der Waals surface area contributed by atoms with Gasteiger partial charge >= 0.3 is 0 Å². The highest BCUT2D eigenvalue weighted by Gasteiger charge is 2.20. The predicted molar refractivity (Wildman–Crippen MR) is 148 cm³/mol. The molecule has 38 heavy (non-hydrogen) atoms. The van der Waals surface area contributed by atoms with Gasteiger partial charge in [-0.1, -0.05) is 35.9 Å². The second kappa shape index (κ2) is 11.5. The van der Waals surface area contributed by atoms with Crippen LogP contribution < -0.4 is 15.0 Å². The molecule has 5 rings (SSSR count). The Bertz CT molecular complexity index is 1530. The molecule has 0 fully saturated rings. The van der Waals surface area contributed by atoms with Gasteiger partial charge in [0.05, 0.1) is 30.1 Å². The SMILES string of the molecule is COc1ccc(-c2csc(N(Cc3ccc(C(=O)NCc4ccc(F)cc4)o3)c3ccccc3Cl)n2)cc1. The number of halogens is 2. The van der Waals surface area contributed by atoms with Crippen molar-refractivity contribution >= 4 is 39.7 Å². The standard InChI is InChI=1S/C29H23ClFN3O3S/c1-36-22-12-8-20(9-13-22)25-18-38-29(33-25)34(26-5-3-2-4-24(26)30)17-23-14-15-27(37-23)28(35)32-16-19-6-10-21(31)11-7-19/h2-15,18H,16-17H2,1H3,(H,32,35). The van der Waals surface area contributed by atoms with Crippen LogP contribution in [0.4, 0.5) is 15.2 Å². The highest BCUT2D eigenvalue weighted by molar-refractivity contribution is 7.14. The van der Waals surface area contributed by atoms with E-state index in [1.54, 1.807) is 31.4 Å². The van der Waals surface area contributed by atoms with Crippen molar-refractivity contribution in [2.45, 2.75) is 13.1 Å². The number of hydrogen-bond donors (Lipinski definition) is 1. The molecule has 0 unspecified atom stereocenters. The molecule has 1 amide bonds. The van der Waals surface area contributed by atoms with Crippen molar-refractivity contribution in [2.75, 3.05) is 12.0 Å². The molecule has 6 nitrogen and oxygen atoms in total. The zero-order chi connectivity index (χ0) is 26.5. The van der Waals surface area contributed by atoms with Gasteiger partial charge in [-0.2, -0.15) is 0 Å². The van der Waals surface area contributed by atoms with Crippen molar-refractivity contribution in [2.24, 2.45) is 0 Å². The molecule has 5 aromatic rings. The molecule has 2 aromatic heterocycles. The third-order valence-corrected chi connectivity index (χ3v) is 7.00. The van der Waals surface area contributed by atoms with E-state index in [1.807, 2.05) is 58.8 Å². The van der Waals surface area contributed by atoms with Crippen molar-refractivity contribution in [1.82, 2.24) is 10.3 Å². The third kappa shape index (κ3) is 5.88. The first-order valence-corrected chi connectivity index (χ1v) is 13.0. The van der Waals surface area contributed by atoms with Crippen molar-refractivity contribution in [3.63, 3.8) is 0 Å². The largest absolute Gasteiger partial charge is 0.497 e. The second-order valence-electron chi connectivity index (χ2n) is 8.36. The topological polar surface area (TPSA) is 67.6 Å². The molecule has 0 aliphatic heterocycles. The van der Waals surface area contributed by atoms with Crippen LogP contribution >= 0.6 is 22.9 Å². The quantitative estimate of drug-likeness (QED) is 0.207. The van der Waals surface area contributed by atoms with Crippen molar-refractivity contribution in [1.29, 1.82) is 0 Å². The Balaban J connectivity index is 1.35. The van der Waals surface area contributed by atoms with Crippen LogP contribution in [0.3, 0.4) is 0 Å². The van der Waals surface area contributed by atoms with Gasteiger partial charge in [0.15, 0.2) is 10.9 Å². The van der Waals surface area contributed by atoms with Crippen LogP contribution in [0.25, 0.3) is 11.3 Å². The number of ether oxygens (including phenoxy) is 1. The number of nitrogens with one attached hydrogen (secondary N) is 1. The maximum Gasteiger partial charge on any atom is 0.287 e. The van der Waals surface area contributed by atoms with Gasteiger partial charge in [0.25, 0.3) is 5.91 Å². The van der Waals surface area contributed by atoms with E-state index in [1.165, 1.54) is 23.5 Å². The number of furan rings is 1. The number of carbonyl (C=O) groups excluding carboxylic acids is 1. The Morgan fingerprint density at radius 1 is 1.05 bits per heavy atom. The third-order valence-electron chi connectivity index (χ3n) is 5.82. The molecule has 3 aromatic carbocycles. The number of methoxy groups -OCH3 is 1. The van der Waals surface area contributed by atoms with Gasteiger partial charge in [0.1, 0.15) is 17.3 Å². The summed E-state index contributed by atoms with van der Waals surface area (Å²) in [4.78, 5) is 19.5. The van der Waals surface area contributed by atoms with Gasteiger partial charge in [-0.3, -0.25) is 4.79 Å². The molecule has 0 spiro atoms. The van der Waals surface area contributed by atoms with E-state index in [0.717, 1.165) is 33.4 Å². The lowest BCUT2D eigenvalue weighted by molar-refractivity contribution is 0.0921. The summed E-state index contributed by atoms with van der Waals surface area (Å²) in [5.74, 6) is 0.839. The highest BCUT2D eigenvalue weighted by Crippen LogP contribution is 2.37. The number of aromatic nitrogens is 1. The number of benzene rings is 3. The summed E-state index contributed by atoms with van der Waals surface area (Å²) < 4.78 is 24.3. The van der Waals surface area contributed by atoms with Crippen molar-refractivity contribution < 1.29 is 18.3 Å². The molecule has 2 heterocycles. The molecular weight excluding hydrogens is 525 g/mol. The molecule has 0 saturated carbocycles. The summed E-state index contributed by atoms with van der Waals surface area (Å²) in [6.07, 6.45) is 0. The molecular formula is C29H23ClFN3O3S. The number of carbonyl (C=O) groups is 1. The number of amides is 1. The van der Waals surface area contributed by atoms with E-state index < -0.39 is 0 Å². The molecule has 192 valence electrons. The average Bonchev–Trinajstić information content (AvgIpc) is 3.62. The average molecular weight is 548 g/mol. The monoisotopic (exact) mass is 547 g/mol. The summed E-state index contributed by atoms with van der Waals surface area (Å²) >= 11 is 8.04. The molecule has 1 N–H and O–H groups in total. The van der Waals surface area contributed by atoms with Crippen LogP contribution in [-0.4, -0.2) is 18.0 Å². The van der Waals surface area contributed by atoms with Crippen LogP contribution in [0.15, 0.2) is 94.7 Å². The van der Waals surface area contributed by atoms with Crippen LogP contribution in [0.5, 0.6) is 5.75 Å². The Morgan fingerprint density at radius 2 is 1.82 bits per heavy atom. The first-order valence-electron chi connectivity index (χ1n) is 11.7. The molecule has 9 heteroatoms. The first-order chi connectivity index (χ1) is 18.5. The van der Waals surface area contributed by atoms with E-state index in [9.17, 15) is 9.18 Å². The van der Waals surface area contributed by atoms with Gasteiger partial charge in [-0.05, 0) is 66.2 Å². The number of rotatable bonds is 9. The van der Waals surface area contributed by atoms with Crippen LogP contribution in [0.2, 0.25) is 5.02 Å². The lowest BCUT2D eigenvalue weighted by atomic mass is 10.2. The summed E-state index contributed by atoms with van der Waals surface area (Å²) in [6.45, 7) is 0.568. The fourth-order valence-electron chi connectivity index (χ4n) is 3.82. The van der Waals surface area contributed by atoms with Crippen molar-refractivity contribution in [3.8, 4) is 17.0 Å². The lowest BCUT2D eigenvalue weighted by Gasteiger charge is -2.22. The van der Waals surface area contributed by atoms with E-state index >= 15 is 0 Å². The van der Waals surface area contributed by atoms with E-state index in [0.29, 0.717) is 17.3 Å². The number of para-hydroxylation sites is 1. The van der Waals surface area contributed by atoms with Crippen LogP contribution in [0.1, 0.15) is 21.9 Å². The summed E-state index contributed by atoms with van der Waals surface area (Å²) in [7, 11) is 1.63. The Labute approximate surface area is 228 Å². The van der Waals surface area contributed by atoms with Gasteiger partial charge in [-0.15, -0.1) is 11.3 Å². The van der Waals surface area contributed by atoms with Gasteiger partial charge in [0.2, 0.25) is 0 Å². The molecule has 0 aliphatic carbocycles. The first kappa shape index (κ1) is 25.5. The number of anilines is 2. The van der Waals surface area contributed by atoms with Crippen LogP contribution in [0, 0.1) is 5.82 Å². The number of hydrogen-bond acceptors (Lipinski definition) is 6. The molecule has 0 saturated heterocycles. The normalized spacial score (nSPS) is 10.8. The van der Waals surface area contributed by atoms with E-state index in [2.05, 4.69) is 5.32 Å². The summed E-state index contributed by atoms with van der Waals surface area (Å²) in [5.41, 5.74) is 3.34. The Morgan fingerprint density at radius 3 is 2.55 bits per heavy atom. The predicted octanol–water partition coefficient (Wildman–Crippen LogP) is 7.47. The zero-order valence-corrected chi connectivity index (χ0v) is 21.9. The van der Waals surface area contributed by atoms with E-state index in [-0.39, 0.29) is 24.0 Å². The summed E-state index contributed by atoms with van der Waals surface area (Å²) in [5, 5.41) is 6.07. The highest BCUT2D eigenvalue weighted by atomic mass is 35.5. The minimum Gasteiger partial charge on any atom is -0.497 e. The molecule has 0 bridgehead atoms. The molecule has 0 radical (unpaired) electrons. The maximum atomic E-state index is 13.1. The Kier molecular flexibility index (Phi) is 7.72. The Hall–Kier alpha value is -4.14. The number of nitrogens with zero attached hydrogens (tertiary/aromatic N) is 2. The van der Waals surface area contributed by atoms with E-state index in [4.69, 9.17) is 25.7 Å². The van der Waals surface area contributed by atoms with Gasteiger partial charge < -0.3 is 19.4 Å². The fourth-order valence-corrected chi connectivity index (χ4v) is 4.91. The fraction of sp³-hybridized carbons (Fsp3) is 0.103. The van der Waals surface area contributed by atoms with Gasteiger partial charge in [0, 0.05) is 17.5 Å². The second-order valence-corrected chi connectivity index (χ2v) is 9.60. The minimum atomic E-state index is -0.360. The zero-order valence-electron chi connectivity index (χ0n) is 20.4. The van der Waals surface area contributed by atoms with Gasteiger partial charge in [-0.25, -0.2) is 9.37 Å². The molecule has 0 atom stereocenters. The van der Waals surface area contributed by atoms with Crippen LogP contribution in [-0.2, 0) is 13.1 Å². The van der Waals surface area contributed by atoms with Crippen molar-refractivity contribution in [3.05, 3.63) is 118 Å². The molecule has 0 aliphatic rings. The number of thiazole rings is 1. The summed E-state index contributed by atoms with van der Waals surface area (Å²) in [6, 6.07) is 24.6. The minimum absolute atomic E-state index is 0.180.